The summed E-state index contributed by atoms with van der Waals surface area (Å²) >= 11 is 0. The molecule has 1 atom stereocenters. The van der Waals surface area contributed by atoms with Gasteiger partial charge in [0.2, 0.25) is 0 Å². The maximum atomic E-state index is 12.5. The maximum absolute atomic E-state index is 12.5. The fourth-order valence-corrected chi connectivity index (χ4v) is 2.60. The van der Waals surface area contributed by atoms with Crippen LogP contribution in [-0.4, -0.2) is 55.9 Å². The van der Waals surface area contributed by atoms with Crippen LogP contribution in [0.3, 0.4) is 0 Å². The first-order valence-corrected chi connectivity index (χ1v) is 9.09. The number of carbonyl (C=O) groups is 1. The monoisotopic (exact) mass is 475 g/mol. The summed E-state index contributed by atoms with van der Waals surface area (Å²) in [7, 11) is 1.61. The Hall–Kier alpha value is -3.68. The fraction of sp³-hybridized carbons (Fsp3) is 0.263. The number of nitrogens with zero attached hydrogens (tertiary/aromatic N) is 4. The number of aliphatic hydroxyl groups is 1. The number of halogens is 6. The van der Waals surface area contributed by atoms with E-state index in [1.807, 2.05) is 5.32 Å². The lowest BCUT2D eigenvalue weighted by molar-refractivity contribution is -0.274. The second-order valence-corrected chi connectivity index (χ2v) is 6.70. The van der Waals surface area contributed by atoms with Gasteiger partial charge in [0.1, 0.15) is 11.4 Å². The number of hydrogen-bond acceptors (Lipinski definition) is 6. The molecule has 0 spiro atoms. The Morgan fingerprint density at radius 3 is 2.33 bits per heavy atom. The van der Waals surface area contributed by atoms with Gasteiger partial charge in [0.25, 0.3) is 5.91 Å². The van der Waals surface area contributed by atoms with E-state index in [0.29, 0.717) is 5.56 Å². The van der Waals surface area contributed by atoms with Crippen molar-refractivity contribution >= 4 is 5.91 Å². The molecule has 0 unspecified atom stereocenters. The summed E-state index contributed by atoms with van der Waals surface area (Å²) in [5.74, 6) is -1.51. The smallest absolute Gasteiger partial charge is 0.406 e. The molecule has 1 amide bonds. The minimum absolute atomic E-state index is 0.00209. The largest absolute Gasteiger partial charge is 0.573 e. The molecule has 0 fully saturated rings. The van der Waals surface area contributed by atoms with Crippen LogP contribution in [-0.2, 0) is 7.05 Å². The van der Waals surface area contributed by atoms with E-state index in [1.165, 1.54) is 29.2 Å². The molecule has 2 N–H and O–H groups in total. The minimum atomic E-state index is -4.93. The Morgan fingerprint density at radius 1 is 1.12 bits per heavy atom. The van der Waals surface area contributed by atoms with E-state index in [1.54, 1.807) is 7.05 Å². The number of amides is 1. The summed E-state index contributed by atoms with van der Waals surface area (Å²) in [6.45, 7) is -1.10. The van der Waals surface area contributed by atoms with E-state index in [0.717, 1.165) is 18.2 Å². The second kappa shape index (κ2) is 9.05. The van der Waals surface area contributed by atoms with E-state index in [-0.39, 0.29) is 22.8 Å². The lowest BCUT2D eigenvalue weighted by Gasteiger charge is -2.15. The van der Waals surface area contributed by atoms with E-state index in [9.17, 15) is 31.1 Å². The molecule has 14 heteroatoms. The van der Waals surface area contributed by atoms with Gasteiger partial charge in [-0.05, 0) is 30.3 Å². The molecule has 2 aromatic heterocycles. The van der Waals surface area contributed by atoms with E-state index < -0.39 is 36.8 Å². The topological polar surface area (TPSA) is 102 Å². The van der Waals surface area contributed by atoms with Crippen LogP contribution in [0.25, 0.3) is 22.6 Å². The van der Waals surface area contributed by atoms with Crippen molar-refractivity contribution in [2.75, 3.05) is 6.54 Å². The van der Waals surface area contributed by atoms with Gasteiger partial charge in [-0.3, -0.25) is 9.48 Å². The number of aromatic nitrogens is 4. The van der Waals surface area contributed by atoms with Crippen molar-refractivity contribution in [3.63, 3.8) is 0 Å². The van der Waals surface area contributed by atoms with Crippen molar-refractivity contribution in [3.05, 3.63) is 48.4 Å². The quantitative estimate of drug-likeness (QED) is 0.532. The first-order chi connectivity index (χ1) is 15.3. The summed E-state index contributed by atoms with van der Waals surface area (Å²) in [6, 6.07) is 5.73. The van der Waals surface area contributed by atoms with Crippen LogP contribution < -0.4 is 10.1 Å². The number of alkyl halides is 6. The Bertz CT molecular complexity index is 1130. The summed E-state index contributed by atoms with van der Waals surface area (Å²) in [4.78, 5) is 20.7. The van der Waals surface area contributed by atoms with E-state index in [2.05, 4.69) is 19.8 Å². The highest BCUT2D eigenvalue weighted by atomic mass is 19.4. The second-order valence-electron chi connectivity index (χ2n) is 6.70. The molecule has 0 aliphatic rings. The predicted octanol–water partition coefficient (Wildman–Crippen LogP) is 3.10. The number of benzene rings is 1. The number of aryl methyl sites for hydroxylation is 1. The van der Waals surface area contributed by atoms with Gasteiger partial charge in [-0.15, -0.1) is 13.2 Å². The Balaban J connectivity index is 1.94. The normalized spacial score (nSPS) is 13.0. The first kappa shape index (κ1) is 24.0. The van der Waals surface area contributed by atoms with Crippen LogP contribution in [0.15, 0.2) is 42.7 Å². The number of hydrogen-bond donors (Lipinski definition) is 2. The average Bonchev–Trinajstić information content (AvgIpc) is 3.16. The molecule has 3 rings (SSSR count). The van der Waals surface area contributed by atoms with Gasteiger partial charge in [0.15, 0.2) is 11.9 Å². The third kappa shape index (κ3) is 6.41. The van der Waals surface area contributed by atoms with Crippen molar-refractivity contribution in [2.45, 2.75) is 18.6 Å². The van der Waals surface area contributed by atoms with Crippen LogP contribution in [0.1, 0.15) is 10.5 Å². The summed E-state index contributed by atoms with van der Waals surface area (Å²) in [6.07, 6.45) is -9.67. The lowest BCUT2D eigenvalue weighted by atomic mass is 10.1. The molecule has 0 bridgehead atoms. The van der Waals surface area contributed by atoms with Gasteiger partial charge < -0.3 is 15.2 Å². The first-order valence-electron chi connectivity index (χ1n) is 9.09. The van der Waals surface area contributed by atoms with Gasteiger partial charge >= 0.3 is 12.5 Å². The third-order valence-electron chi connectivity index (χ3n) is 4.14. The molecule has 1 aromatic carbocycles. The summed E-state index contributed by atoms with van der Waals surface area (Å²) in [5, 5.41) is 15.0. The predicted molar refractivity (Wildman–Crippen MR) is 101 cm³/mol. The van der Waals surface area contributed by atoms with Crippen molar-refractivity contribution in [2.24, 2.45) is 7.05 Å². The van der Waals surface area contributed by atoms with Crippen molar-refractivity contribution in [3.8, 4) is 28.4 Å². The average molecular weight is 475 g/mol. The van der Waals surface area contributed by atoms with Crippen LogP contribution in [0, 0.1) is 0 Å². The van der Waals surface area contributed by atoms with Crippen LogP contribution >= 0.6 is 0 Å². The molecule has 2 heterocycles. The zero-order valence-electron chi connectivity index (χ0n) is 16.6. The number of carbonyl (C=O) groups excluding carboxylic acids is 1. The zero-order chi connectivity index (χ0) is 24.4. The highest BCUT2D eigenvalue weighted by Gasteiger charge is 2.38. The van der Waals surface area contributed by atoms with Gasteiger partial charge in [-0.1, -0.05) is 0 Å². The fourth-order valence-electron chi connectivity index (χ4n) is 2.60. The molecule has 0 aliphatic heterocycles. The van der Waals surface area contributed by atoms with Crippen LogP contribution in [0.5, 0.6) is 5.75 Å². The highest BCUT2D eigenvalue weighted by molar-refractivity contribution is 5.93. The zero-order valence-corrected chi connectivity index (χ0v) is 16.6. The van der Waals surface area contributed by atoms with Crippen molar-refractivity contribution in [1.82, 2.24) is 25.1 Å². The molecule has 0 aliphatic carbocycles. The summed E-state index contributed by atoms with van der Waals surface area (Å²) in [5.41, 5.74) is 0.426. The molecule has 0 radical (unpaired) electrons. The molecule has 176 valence electrons. The number of nitrogens with one attached hydrogen (secondary N) is 1. The standard InChI is InChI=1S/C19H15F6N5O3/c1-30-9-11(7-27-30)16-28-13(10-2-4-12(5-3-10)33-19(23,24)25)6-14(29-16)17(32)26-8-15(31)18(20,21)22/h2-7,9,15,31H,8H2,1H3,(H,26,32)/t15-/m0/s1. The van der Waals surface area contributed by atoms with Gasteiger partial charge in [-0.2, -0.15) is 18.3 Å². The van der Waals surface area contributed by atoms with Crippen molar-refractivity contribution < 1.29 is 41.0 Å². The third-order valence-corrected chi connectivity index (χ3v) is 4.14. The minimum Gasteiger partial charge on any atom is -0.406 e. The van der Waals surface area contributed by atoms with Crippen molar-refractivity contribution in [1.29, 1.82) is 0 Å². The molecule has 8 nitrogen and oxygen atoms in total. The summed E-state index contributed by atoms with van der Waals surface area (Å²) < 4.78 is 79.8. The Morgan fingerprint density at radius 2 is 1.79 bits per heavy atom. The number of aliphatic hydroxyl groups excluding tert-OH is 1. The maximum Gasteiger partial charge on any atom is 0.573 e. The van der Waals surface area contributed by atoms with E-state index in [4.69, 9.17) is 5.11 Å². The van der Waals surface area contributed by atoms with Gasteiger partial charge in [0, 0.05) is 18.8 Å². The van der Waals surface area contributed by atoms with Crippen LogP contribution in [0.2, 0.25) is 0 Å². The molecule has 33 heavy (non-hydrogen) atoms. The number of rotatable bonds is 6. The SMILES string of the molecule is Cn1cc(-c2nc(C(=O)NC[C@H](O)C(F)(F)F)cc(-c3ccc(OC(F)(F)F)cc3)n2)cn1. The molecule has 3 aromatic rings. The van der Waals surface area contributed by atoms with Crippen LogP contribution in [0.4, 0.5) is 26.3 Å². The number of ether oxygens (including phenoxy) is 1. The Labute approximate surface area is 181 Å². The Kier molecular flexibility index (Phi) is 6.58. The van der Waals surface area contributed by atoms with Gasteiger partial charge in [0.05, 0.1) is 24.0 Å². The lowest BCUT2D eigenvalue weighted by Crippen LogP contribution is -2.40. The molecular weight excluding hydrogens is 460 g/mol. The van der Waals surface area contributed by atoms with Gasteiger partial charge in [-0.25, -0.2) is 9.97 Å². The highest BCUT2D eigenvalue weighted by Crippen LogP contribution is 2.27. The molecule has 0 saturated carbocycles. The molecular formula is C19H15F6N5O3. The molecule has 0 saturated heterocycles. The van der Waals surface area contributed by atoms with E-state index >= 15 is 0 Å².